The van der Waals surface area contributed by atoms with Gasteiger partial charge in [0.15, 0.2) is 0 Å². The minimum atomic E-state index is -5.76. The largest absolute Gasteiger partial charge is 0.453 e. The maximum Gasteiger partial charge on any atom is 0.453 e. The first-order valence-corrected chi connectivity index (χ1v) is 5.45. The van der Waals surface area contributed by atoms with Crippen LogP contribution in [0.4, 0.5) is 26.3 Å². The molecule has 0 unspecified atom stereocenters. The molecule has 0 radical (unpaired) electrons. The van der Waals surface area contributed by atoms with Crippen LogP contribution in [-0.4, -0.2) is 29.3 Å². The molecule has 0 aliphatic rings. The van der Waals surface area contributed by atoms with Crippen LogP contribution in [0.1, 0.15) is 41.5 Å². The summed E-state index contributed by atoms with van der Waals surface area (Å²) in [6, 6.07) is 0. The molecule has 0 spiro atoms. The molecule has 0 aromatic heterocycles. The maximum absolute atomic E-state index is 13.0. The quantitative estimate of drug-likeness (QED) is 0.554. The molecule has 116 valence electrons. The van der Waals surface area contributed by atoms with E-state index in [1.54, 1.807) is 0 Å². The van der Waals surface area contributed by atoms with Crippen molar-refractivity contribution in [2.75, 3.05) is 0 Å². The van der Waals surface area contributed by atoms with Crippen LogP contribution in [0.2, 0.25) is 0 Å². The topological polar surface area (TPSA) is 18.5 Å². The number of halogens is 6. The highest BCUT2D eigenvalue weighted by Gasteiger charge is 2.76. The van der Waals surface area contributed by atoms with E-state index in [1.165, 1.54) is 0 Å². The molecule has 2 nitrogen and oxygen atoms in total. The molecule has 0 aliphatic heterocycles. The highest BCUT2D eigenvalue weighted by molar-refractivity contribution is 4.91. The predicted molar refractivity (Wildman–Crippen MR) is 56.5 cm³/mol. The lowest BCUT2D eigenvalue weighted by molar-refractivity contribution is -0.497. The van der Waals surface area contributed by atoms with E-state index in [2.05, 4.69) is 9.47 Å². The van der Waals surface area contributed by atoms with Crippen LogP contribution in [0.3, 0.4) is 0 Å². The summed E-state index contributed by atoms with van der Waals surface area (Å²) < 4.78 is 86.3. The van der Waals surface area contributed by atoms with Crippen molar-refractivity contribution in [1.82, 2.24) is 0 Å². The van der Waals surface area contributed by atoms with Crippen LogP contribution in [0.25, 0.3) is 0 Å². The Hall–Kier alpha value is -0.500. The lowest BCUT2D eigenvalue weighted by Gasteiger charge is -2.44. The molecule has 0 saturated heterocycles. The van der Waals surface area contributed by atoms with E-state index in [9.17, 15) is 26.3 Å². The molecule has 19 heavy (non-hydrogen) atoms. The van der Waals surface area contributed by atoms with Crippen molar-refractivity contribution in [3.05, 3.63) is 0 Å². The first-order chi connectivity index (χ1) is 7.91. The fourth-order valence-electron chi connectivity index (χ4n) is 1.28. The molecular formula is C11H18F6O2. The van der Waals surface area contributed by atoms with Gasteiger partial charge in [0.25, 0.3) is 0 Å². The van der Waals surface area contributed by atoms with E-state index in [1.807, 2.05) is 0 Å². The van der Waals surface area contributed by atoms with E-state index in [0.717, 1.165) is 41.5 Å². The van der Waals surface area contributed by atoms with Crippen molar-refractivity contribution >= 4 is 0 Å². The number of alkyl halides is 6. The van der Waals surface area contributed by atoms with Crippen LogP contribution in [-0.2, 0) is 9.47 Å². The zero-order chi connectivity index (χ0) is 15.9. The average Bonchev–Trinajstić information content (AvgIpc) is 1.91. The lowest BCUT2D eigenvalue weighted by atomic mass is 10.1. The Kier molecular flexibility index (Phi) is 4.68. The van der Waals surface area contributed by atoms with Crippen molar-refractivity contribution in [2.24, 2.45) is 0 Å². The fourth-order valence-corrected chi connectivity index (χ4v) is 1.28. The van der Waals surface area contributed by atoms with Crippen LogP contribution >= 0.6 is 0 Å². The van der Waals surface area contributed by atoms with Crippen LogP contribution in [0.15, 0.2) is 0 Å². The van der Waals surface area contributed by atoms with E-state index >= 15 is 0 Å². The molecule has 0 rings (SSSR count). The summed E-state index contributed by atoms with van der Waals surface area (Å²) in [5.41, 5.74) is -3.40. The summed E-state index contributed by atoms with van der Waals surface area (Å²) in [6.45, 7) is 6.53. The number of ether oxygens (including phenoxy) is 2. The molecule has 0 aromatic rings. The molecular weight excluding hydrogens is 278 g/mol. The smallest absolute Gasteiger partial charge is 0.330 e. The van der Waals surface area contributed by atoms with Gasteiger partial charge in [-0.2, -0.15) is 26.3 Å². The Balaban J connectivity index is 5.91. The van der Waals surface area contributed by atoms with Gasteiger partial charge in [-0.15, -0.1) is 0 Å². The van der Waals surface area contributed by atoms with Gasteiger partial charge in [0, 0.05) is 0 Å². The third-order valence-electron chi connectivity index (χ3n) is 1.65. The first kappa shape index (κ1) is 18.5. The number of hydrogen-bond donors (Lipinski definition) is 0. The van der Waals surface area contributed by atoms with Gasteiger partial charge >= 0.3 is 18.1 Å². The highest BCUT2D eigenvalue weighted by Crippen LogP contribution is 2.50. The van der Waals surface area contributed by atoms with E-state index in [-0.39, 0.29) is 0 Å². The van der Waals surface area contributed by atoms with E-state index in [0.29, 0.717) is 0 Å². The molecule has 0 heterocycles. The van der Waals surface area contributed by atoms with Gasteiger partial charge < -0.3 is 9.47 Å². The summed E-state index contributed by atoms with van der Waals surface area (Å²) in [7, 11) is 0. The lowest BCUT2D eigenvalue weighted by Crippen LogP contribution is -2.65. The number of hydrogen-bond acceptors (Lipinski definition) is 2. The molecule has 0 bridgehead atoms. The third-order valence-corrected chi connectivity index (χ3v) is 1.65. The Bertz CT molecular complexity index is 273. The van der Waals surface area contributed by atoms with Gasteiger partial charge in [-0.3, -0.25) is 0 Å². The first-order valence-electron chi connectivity index (χ1n) is 5.45. The highest BCUT2D eigenvalue weighted by atomic mass is 19.4. The zero-order valence-corrected chi connectivity index (χ0v) is 11.6. The summed E-state index contributed by atoms with van der Waals surface area (Å²) >= 11 is 0. The zero-order valence-electron chi connectivity index (χ0n) is 11.6. The van der Waals surface area contributed by atoms with Gasteiger partial charge in [-0.05, 0) is 41.5 Å². The normalized spacial score (nSPS) is 15.8. The van der Waals surface area contributed by atoms with E-state index in [4.69, 9.17) is 0 Å². The molecule has 0 amide bonds. The molecule has 0 atom stereocenters. The SMILES string of the molecule is CC(C)(C)OC(OC(C)(C)C)(C(F)(F)F)C(F)(F)F. The second kappa shape index (κ2) is 4.80. The molecule has 0 aliphatic carbocycles. The van der Waals surface area contributed by atoms with Gasteiger partial charge in [0.2, 0.25) is 0 Å². The maximum atomic E-state index is 13.0. The Morgan fingerprint density at radius 3 is 0.842 bits per heavy atom. The standard InChI is InChI=1S/C11H18F6O2/c1-7(2,3)18-9(10(12,13)14,11(15,16)17)19-8(4,5)6/h1-6H3. The molecule has 0 aromatic carbocycles. The number of rotatable bonds is 2. The van der Waals surface area contributed by atoms with E-state index < -0.39 is 29.3 Å². The van der Waals surface area contributed by atoms with Crippen molar-refractivity contribution < 1.29 is 35.8 Å². The summed E-state index contributed by atoms with van der Waals surface area (Å²) in [6.07, 6.45) is -11.5. The summed E-state index contributed by atoms with van der Waals surface area (Å²) in [5.74, 6) is -4.66. The second-order valence-corrected chi connectivity index (χ2v) is 6.04. The van der Waals surface area contributed by atoms with Crippen LogP contribution < -0.4 is 0 Å². The molecule has 0 saturated carbocycles. The van der Waals surface area contributed by atoms with Gasteiger partial charge in [0.1, 0.15) is 0 Å². The Morgan fingerprint density at radius 2 is 0.737 bits per heavy atom. The van der Waals surface area contributed by atoms with Crippen molar-refractivity contribution in [2.45, 2.75) is 70.9 Å². The third kappa shape index (κ3) is 4.83. The van der Waals surface area contributed by atoms with Crippen LogP contribution in [0.5, 0.6) is 0 Å². The van der Waals surface area contributed by atoms with Crippen molar-refractivity contribution in [1.29, 1.82) is 0 Å². The Labute approximate surface area is 108 Å². The van der Waals surface area contributed by atoms with Gasteiger partial charge in [-0.25, -0.2) is 0 Å². The Morgan fingerprint density at radius 1 is 0.526 bits per heavy atom. The average molecular weight is 296 g/mol. The molecule has 0 N–H and O–H groups in total. The fraction of sp³-hybridized carbons (Fsp3) is 1.00. The molecule has 0 fully saturated rings. The molecule has 8 heteroatoms. The summed E-state index contributed by atoms with van der Waals surface area (Å²) in [4.78, 5) is 0. The second-order valence-electron chi connectivity index (χ2n) is 6.04. The summed E-state index contributed by atoms with van der Waals surface area (Å²) in [5, 5.41) is 0. The van der Waals surface area contributed by atoms with Crippen molar-refractivity contribution in [3.8, 4) is 0 Å². The monoisotopic (exact) mass is 296 g/mol. The van der Waals surface area contributed by atoms with Gasteiger partial charge in [0.05, 0.1) is 11.2 Å². The van der Waals surface area contributed by atoms with Crippen LogP contribution in [0, 0.1) is 0 Å². The van der Waals surface area contributed by atoms with Crippen molar-refractivity contribution in [3.63, 3.8) is 0 Å². The minimum Gasteiger partial charge on any atom is -0.330 e. The van der Waals surface area contributed by atoms with Gasteiger partial charge in [-0.1, -0.05) is 0 Å². The predicted octanol–water partition coefficient (Wildman–Crippen LogP) is 4.44. The minimum absolute atomic E-state index is 1.09.